The Labute approximate surface area is 126 Å². The average molecular weight is 305 g/mol. The lowest BCUT2D eigenvalue weighted by atomic mass is 10.2. The molecule has 3 rings (SSSR count). The predicted octanol–water partition coefficient (Wildman–Crippen LogP) is 3.27. The highest BCUT2D eigenvalue weighted by Crippen LogP contribution is 2.21. The van der Waals surface area contributed by atoms with Crippen LogP contribution in [-0.4, -0.2) is 14.8 Å². The molecule has 102 valence electrons. The Hall–Kier alpha value is -1.69. The molecule has 0 amide bonds. The van der Waals surface area contributed by atoms with E-state index in [9.17, 15) is 0 Å². The molecule has 0 saturated heterocycles. The lowest BCUT2D eigenvalue weighted by Gasteiger charge is -2.05. The Morgan fingerprint density at radius 3 is 2.90 bits per heavy atom. The van der Waals surface area contributed by atoms with Gasteiger partial charge in [0, 0.05) is 36.6 Å². The molecule has 0 spiro atoms. The molecule has 20 heavy (non-hydrogen) atoms. The van der Waals surface area contributed by atoms with E-state index < -0.39 is 0 Å². The molecule has 0 aliphatic rings. The maximum Gasteiger partial charge on any atom is 0.153 e. The maximum absolute atomic E-state index is 5.91. The standard InChI is InChI=1S/C14H13ClN4S/c15-13-3-2-12(20-13)10-16-9-11-4-6-17-14(8-11)19-7-1-5-18-19/h1-8,16H,9-10H2. The van der Waals surface area contributed by atoms with E-state index in [1.165, 1.54) is 10.4 Å². The Morgan fingerprint density at radius 1 is 1.20 bits per heavy atom. The number of thiophene rings is 1. The van der Waals surface area contributed by atoms with E-state index in [-0.39, 0.29) is 0 Å². The van der Waals surface area contributed by atoms with E-state index in [2.05, 4.69) is 15.4 Å². The zero-order valence-corrected chi connectivity index (χ0v) is 12.2. The van der Waals surface area contributed by atoms with Crippen molar-refractivity contribution in [3.05, 3.63) is 63.7 Å². The van der Waals surface area contributed by atoms with Gasteiger partial charge in [-0.1, -0.05) is 11.6 Å². The van der Waals surface area contributed by atoms with Crippen molar-refractivity contribution >= 4 is 22.9 Å². The molecule has 1 N–H and O–H groups in total. The zero-order chi connectivity index (χ0) is 13.8. The van der Waals surface area contributed by atoms with Gasteiger partial charge < -0.3 is 5.32 Å². The molecule has 0 aliphatic carbocycles. The van der Waals surface area contributed by atoms with Crippen LogP contribution in [0.2, 0.25) is 4.34 Å². The van der Waals surface area contributed by atoms with Crippen LogP contribution in [-0.2, 0) is 13.1 Å². The van der Waals surface area contributed by atoms with E-state index in [4.69, 9.17) is 11.6 Å². The van der Waals surface area contributed by atoms with Crippen LogP contribution in [0.15, 0.2) is 48.9 Å². The number of hydrogen-bond donors (Lipinski definition) is 1. The van der Waals surface area contributed by atoms with Crippen molar-refractivity contribution in [2.45, 2.75) is 13.1 Å². The van der Waals surface area contributed by atoms with Crippen LogP contribution in [0.25, 0.3) is 5.82 Å². The van der Waals surface area contributed by atoms with Gasteiger partial charge in [0.25, 0.3) is 0 Å². The smallest absolute Gasteiger partial charge is 0.153 e. The molecule has 0 aromatic carbocycles. The van der Waals surface area contributed by atoms with Crippen molar-refractivity contribution in [3.63, 3.8) is 0 Å². The van der Waals surface area contributed by atoms with Crippen LogP contribution >= 0.6 is 22.9 Å². The Morgan fingerprint density at radius 2 is 2.15 bits per heavy atom. The second kappa shape index (κ2) is 6.17. The molecule has 0 radical (unpaired) electrons. The average Bonchev–Trinajstić information content (AvgIpc) is 3.11. The first-order valence-corrected chi connectivity index (χ1v) is 7.40. The Bertz CT molecular complexity index is 678. The van der Waals surface area contributed by atoms with Crippen LogP contribution in [0.3, 0.4) is 0 Å². The Kier molecular flexibility index (Phi) is 4.11. The van der Waals surface area contributed by atoms with Crippen LogP contribution < -0.4 is 5.32 Å². The summed E-state index contributed by atoms with van der Waals surface area (Å²) >= 11 is 7.51. The summed E-state index contributed by atoms with van der Waals surface area (Å²) in [5.74, 6) is 0.827. The normalized spacial score (nSPS) is 10.8. The minimum Gasteiger partial charge on any atom is -0.308 e. The fourth-order valence-electron chi connectivity index (χ4n) is 1.88. The molecule has 3 aromatic heterocycles. The lowest BCUT2D eigenvalue weighted by Crippen LogP contribution is -2.12. The van der Waals surface area contributed by atoms with Gasteiger partial charge in [-0.15, -0.1) is 11.3 Å². The molecular weight excluding hydrogens is 292 g/mol. The summed E-state index contributed by atoms with van der Waals surface area (Å²) in [5.41, 5.74) is 1.17. The molecule has 0 unspecified atom stereocenters. The summed E-state index contributed by atoms with van der Waals surface area (Å²) in [4.78, 5) is 5.54. The van der Waals surface area contributed by atoms with Crippen LogP contribution in [0.1, 0.15) is 10.4 Å². The second-order valence-corrected chi connectivity index (χ2v) is 6.08. The van der Waals surface area contributed by atoms with Crippen LogP contribution in [0.4, 0.5) is 0 Å². The van der Waals surface area contributed by atoms with E-state index in [0.717, 1.165) is 23.2 Å². The quantitative estimate of drug-likeness (QED) is 0.786. The zero-order valence-electron chi connectivity index (χ0n) is 10.7. The third-order valence-corrected chi connectivity index (χ3v) is 4.04. The number of hydrogen-bond acceptors (Lipinski definition) is 4. The minimum absolute atomic E-state index is 0.784. The second-order valence-electron chi connectivity index (χ2n) is 4.28. The van der Waals surface area contributed by atoms with Gasteiger partial charge in [-0.05, 0) is 35.9 Å². The highest BCUT2D eigenvalue weighted by Gasteiger charge is 2.01. The molecule has 3 aromatic rings. The summed E-state index contributed by atoms with van der Waals surface area (Å²) in [6, 6.07) is 9.88. The summed E-state index contributed by atoms with van der Waals surface area (Å²) in [6.45, 7) is 1.60. The van der Waals surface area contributed by atoms with Crippen molar-refractivity contribution in [1.82, 2.24) is 20.1 Å². The maximum atomic E-state index is 5.91. The fraction of sp³-hybridized carbons (Fsp3) is 0.143. The lowest BCUT2D eigenvalue weighted by molar-refractivity contribution is 0.698. The van der Waals surface area contributed by atoms with Gasteiger partial charge in [0.2, 0.25) is 0 Å². The van der Waals surface area contributed by atoms with Gasteiger partial charge in [-0.25, -0.2) is 9.67 Å². The summed E-state index contributed by atoms with van der Waals surface area (Å²) in [5, 5.41) is 7.58. The number of pyridine rings is 1. The van der Waals surface area contributed by atoms with E-state index in [1.807, 2.05) is 36.5 Å². The van der Waals surface area contributed by atoms with Gasteiger partial charge in [-0.2, -0.15) is 5.10 Å². The van der Waals surface area contributed by atoms with Gasteiger partial charge in [0.15, 0.2) is 5.82 Å². The fourth-order valence-corrected chi connectivity index (χ4v) is 2.93. The molecule has 4 nitrogen and oxygen atoms in total. The van der Waals surface area contributed by atoms with Gasteiger partial charge >= 0.3 is 0 Å². The highest BCUT2D eigenvalue weighted by atomic mass is 35.5. The van der Waals surface area contributed by atoms with Gasteiger partial charge in [-0.3, -0.25) is 0 Å². The monoisotopic (exact) mass is 304 g/mol. The van der Waals surface area contributed by atoms with Crippen LogP contribution in [0.5, 0.6) is 0 Å². The summed E-state index contributed by atoms with van der Waals surface area (Å²) < 4.78 is 2.58. The first-order chi connectivity index (χ1) is 9.81. The van der Waals surface area contributed by atoms with Crippen molar-refractivity contribution in [2.24, 2.45) is 0 Å². The number of rotatable bonds is 5. The third-order valence-electron chi connectivity index (χ3n) is 2.81. The number of aromatic nitrogens is 3. The van der Waals surface area contributed by atoms with Crippen molar-refractivity contribution < 1.29 is 0 Å². The van der Waals surface area contributed by atoms with E-state index in [0.29, 0.717) is 0 Å². The molecule has 3 heterocycles. The van der Waals surface area contributed by atoms with E-state index >= 15 is 0 Å². The first kappa shape index (κ1) is 13.3. The minimum atomic E-state index is 0.784. The molecule has 0 fully saturated rings. The first-order valence-electron chi connectivity index (χ1n) is 6.21. The van der Waals surface area contributed by atoms with Crippen molar-refractivity contribution in [1.29, 1.82) is 0 Å². The molecule has 0 bridgehead atoms. The van der Waals surface area contributed by atoms with Crippen molar-refractivity contribution in [3.8, 4) is 5.82 Å². The van der Waals surface area contributed by atoms with Crippen LogP contribution in [0, 0.1) is 0 Å². The molecular formula is C14H13ClN4S. The Balaban J connectivity index is 1.62. The number of nitrogens with zero attached hydrogens (tertiary/aromatic N) is 3. The number of halogens is 1. The van der Waals surface area contributed by atoms with Gasteiger partial charge in [0.1, 0.15) is 0 Å². The SMILES string of the molecule is Clc1ccc(CNCc2ccnc(-n3cccn3)c2)s1. The largest absolute Gasteiger partial charge is 0.308 e. The van der Waals surface area contributed by atoms with Gasteiger partial charge in [0.05, 0.1) is 4.34 Å². The molecule has 0 saturated carbocycles. The summed E-state index contributed by atoms with van der Waals surface area (Å²) in [7, 11) is 0. The van der Waals surface area contributed by atoms with Crippen molar-refractivity contribution in [2.75, 3.05) is 0 Å². The predicted molar refractivity (Wildman–Crippen MR) is 81.2 cm³/mol. The van der Waals surface area contributed by atoms with E-state index in [1.54, 1.807) is 28.4 Å². The number of nitrogens with one attached hydrogen (secondary N) is 1. The third kappa shape index (κ3) is 3.25. The highest BCUT2D eigenvalue weighted by molar-refractivity contribution is 7.16. The molecule has 0 aliphatic heterocycles. The topological polar surface area (TPSA) is 42.7 Å². The summed E-state index contributed by atoms with van der Waals surface area (Å²) in [6.07, 6.45) is 5.43. The molecule has 6 heteroatoms. The molecule has 0 atom stereocenters.